The number of aromatic nitrogens is 4. The Morgan fingerprint density at radius 2 is 1.86 bits per heavy atom. The molecule has 2 aromatic heterocycles. The number of aromatic amines is 1. The first-order valence-electron chi connectivity index (χ1n) is 7.36. The van der Waals surface area contributed by atoms with Gasteiger partial charge in [0, 0.05) is 14.1 Å². The lowest BCUT2D eigenvalue weighted by Crippen LogP contribution is -2.22. The van der Waals surface area contributed by atoms with E-state index in [1.54, 1.807) is 6.33 Å². The fraction of sp³-hybridized carbons (Fsp3) is 0.312. The summed E-state index contributed by atoms with van der Waals surface area (Å²) in [6.45, 7) is 4.63. The summed E-state index contributed by atoms with van der Waals surface area (Å²) in [4.78, 5) is 6.22. The highest BCUT2D eigenvalue weighted by Gasteiger charge is 2.12. The van der Waals surface area contributed by atoms with E-state index in [0.29, 0.717) is 17.7 Å². The second-order valence-electron chi connectivity index (χ2n) is 4.87. The lowest BCUT2D eigenvalue weighted by Gasteiger charge is -2.10. The maximum absolute atomic E-state index is 8.38. The fourth-order valence-electron chi connectivity index (χ4n) is 2.19. The summed E-state index contributed by atoms with van der Waals surface area (Å²) >= 11 is 0. The molecule has 0 saturated carbocycles. The quantitative estimate of drug-likeness (QED) is 0.779. The number of anilines is 1. The van der Waals surface area contributed by atoms with Crippen LogP contribution in [-0.2, 0) is 6.54 Å². The molecule has 0 aliphatic heterocycles. The smallest absolute Gasteiger partial charge is 0.163 e. The van der Waals surface area contributed by atoms with E-state index in [2.05, 4.69) is 15.2 Å². The monoisotopic (exact) mass is 298 g/mol. The predicted molar refractivity (Wildman–Crippen MR) is 89.0 cm³/mol. The van der Waals surface area contributed by atoms with Crippen molar-refractivity contribution in [2.75, 3.05) is 19.0 Å². The molecule has 0 radical (unpaired) electrons. The van der Waals surface area contributed by atoms with Crippen molar-refractivity contribution in [1.29, 1.82) is 5.41 Å². The van der Waals surface area contributed by atoms with Crippen LogP contribution in [-0.4, -0.2) is 33.8 Å². The molecular formula is C16H22N6. The average molecular weight is 298 g/mol. The molecular weight excluding hydrogens is 276 g/mol. The summed E-state index contributed by atoms with van der Waals surface area (Å²) in [5.74, 6) is 0.736. The first kappa shape index (κ1) is 15.8. The molecule has 0 bridgehead atoms. The zero-order valence-corrected chi connectivity index (χ0v) is 13.5. The molecule has 6 heteroatoms. The van der Waals surface area contributed by atoms with Crippen molar-refractivity contribution >= 4 is 16.9 Å². The molecule has 2 heterocycles. The van der Waals surface area contributed by atoms with Gasteiger partial charge in [-0.3, -0.25) is 10.5 Å². The Labute approximate surface area is 129 Å². The third-order valence-corrected chi connectivity index (χ3v) is 3.20. The maximum atomic E-state index is 8.38. The van der Waals surface area contributed by atoms with Crippen LogP contribution in [0.3, 0.4) is 0 Å². The molecule has 0 aliphatic rings. The van der Waals surface area contributed by atoms with Crippen LogP contribution in [0.5, 0.6) is 0 Å². The number of benzene rings is 1. The van der Waals surface area contributed by atoms with E-state index in [4.69, 9.17) is 5.41 Å². The van der Waals surface area contributed by atoms with Gasteiger partial charge in [0.05, 0.1) is 12.9 Å². The van der Waals surface area contributed by atoms with Gasteiger partial charge in [-0.25, -0.2) is 4.98 Å². The largest absolute Gasteiger partial charge is 0.361 e. The van der Waals surface area contributed by atoms with Crippen LogP contribution in [0.4, 0.5) is 5.82 Å². The van der Waals surface area contributed by atoms with Gasteiger partial charge < -0.3 is 9.47 Å². The van der Waals surface area contributed by atoms with E-state index >= 15 is 0 Å². The lowest BCUT2D eigenvalue weighted by atomic mass is 10.2. The number of nitrogens with zero attached hydrogens (tertiary/aromatic N) is 4. The minimum Gasteiger partial charge on any atom is -0.361 e. The van der Waals surface area contributed by atoms with Crippen molar-refractivity contribution in [1.82, 2.24) is 19.7 Å². The maximum Gasteiger partial charge on any atom is 0.163 e. The molecule has 0 unspecified atom stereocenters. The van der Waals surface area contributed by atoms with E-state index in [1.807, 2.05) is 67.7 Å². The Bertz CT molecular complexity index is 785. The van der Waals surface area contributed by atoms with E-state index in [-0.39, 0.29) is 0 Å². The fourth-order valence-corrected chi connectivity index (χ4v) is 2.19. The molecule has 0 atom stereocenters. The molecule has 0 fully saturated rings. The van der Waals surface area contributed by atoms with Crippen molar-refractivity contribution in [3.05, 3.63) is 47.7 Å². The lowest BCUT2D eigenvalue weighted by molar-refractivity contribution is 0.722. The second kappa shape index (κ2) is 6.89. The van der Waals surface area contributed by atoms with Crippen LogP contribution >= 0.6 is 0 Å². The molecule has 0 amide bonds. The van der Waals surface area contributed by atoms with E-state index in [9.17, 15) is 0 Å². The van der Waals surface area contributed by atoms with Gasteiger partial charge in [0.2, 0.25) is 0 Å². The molecule has 2 N–H and O–H groups in total. The van der Waals surface area contributed by atoms with E-state index < -0.39 is 0 Å². The van der Waals surface area contributed by atoms with Crippen LogP contribution in [0.2, 0.25) is 0 Å². The highest BCUT2D eigenvalue weighted by Crippen LogP contribution is 2.16. The minimum absolute atomic E-state index is 0.413. The zero-order chi connectivity index (χ0) is 16.1. The van der Waals surface area contributed by atoms with Gasteiger partial charge in [0.25, 0.3) is 0 Å². The summed E-state index contributed by atoms with van der Waals surface area (Å²) in [5.41, 5.74) is 2.20. The summed E-state index contributed by atoms with van der Waals surface area (Å²) in [7, 11) is 3.81. The normalized spacial score (nSPS) is 10.2. The van der Waals surface area contributed by atoms with Crippen molar-refractivity contribution in [3.63, 3.8) is 0 Å². The molecule has 3 aromatic rings. The molecule has 22 heavy (non-hydrogen) atoms. The third kappa shape index (κ3) is 3.00. The number of hydrogen-bond donors (Lipinski definition) is 2. The number of hydrogen-bond acceptors (Lipinski definition) is 4. The Morgan fingerprint density at radius 3 is 2.50 bits per heavy atom. The molecule has 0 aliphatic carbocycles. The van der Waals surface area contributed by atoms with Crippen LogP contribution in [0, 0.1) is 5.41 Å². The van der Waals surface area contributed by atoms with Crippen molar-refractivity contribution < 1.29 is 0 Å². The Balaban J connectivity index is 0.000000847. The Hall–Kier alpha value is -2.63. The number of nitrogens with one attached hydrogen (secondary N) is 2. The number of rotatable bonds is 3. The van der Waals surface area contributed by atoms with Gasteiger partial charge in [-0.2, -0.15) is 5.10 Å². The predicted octanol–water partition coefficient (Wildman–Crippen LogP) is 2.38. The summed E-state index contributed by atoms with van der Waals surface area (Å²) in [6.07, 6.45) is 1.68. The standard InChI is InChI=1S/C14H16N6.C2H6/c1-19(2)14-11-12(15)20(9-16-13(11)17-18-14)8-10-6-4-3-5-7-10;1-2/h3-7,9,15H,8H2,1-2H3,(H,17,18);1-2H3. The van der Waals surface area contributed by atoms with Gasteiger partial charge in [-0.1, -0.05) is 44.2 Å². The van der Waals surface area contributed by atoms with Gasteiger partial charge in [0.1, 0.15) is 10.9 Å². The highest BCUT2D eigenvalue weighted by atomic mass is 15.3. The molecule has 0 saturated heterocycles. The Morgan fingerprint density at radius 1 is 1.18 bits per heavy atom. The van der Waals surface area contributed by atoms with Crippen LogP contribution in [0.15, 0.2) is 36.7 Å². The first-order valence-corrected chi connectivity index (χ1v) is 7.36. The van der Waals surface area contributed by atoms with Crippen molar-refractivity contribution in [2.24, 2.45) is 0 Å². The number of H-pyrrole nitrogens is 1. The zero-order valence-electron chi connectivity index (χ0n) is 13.5. The van der Waals surface area contributed by atoms with E-state index in [1.165, 1.54) is 0 Å². The molecule has 6 nitrogen and oxygen atoms in total. The van der Waals surface area contributed by atoms with Crippen LogP contribution in [0.25, 0.3) is 11.0 Å². The van der Waals surface area contributed by atoms with Crippen molar-refractivity contribution in [3.8, 4) is 0 Å². The van der Waals surface area contributed by atoms with Gasteiger partial charge >= 0.3 is 0 Å². The number of fused-ring (bicyclic) bond motifs is 1. The van der Waals surface area contributed by atoms with Gasteiger partial charge in [-0.05, 0) is 5.56 Å². The topological polar surface area (TPSA) is 73.6 Å². The summed E-state index contributed by atoms with van der Waals surface area (Å²) in [5, 5.41) is 16.2. The second-order valence-corrected chi connectivity index (χ2v) is 4.87. The Kier molecular flexibility index (Phi) is 4.93. The minimum atomic E-state index is 0.413. The summed E-state index contributed by atoms with van der Waals surface area (Å²) < 4.78 is 1.82. The molecule has 0 spiro atoms. The SMILES string of the molecule is CC.CN(C)c1n[nH]c2ncn(Cc3ccccc3)c(=N)c12. The summed E-state index contributed by atoms with van der Waals surface area (Å²) in [6, 6.07) is 10.1. The van der Waals surface area contributed by atoms with Crippen LogP contribution < -0.4 is 10.4 Å². The van der Waals surface area contributed by atoms with E-state index in [0.717, 1.165) is 16.8 Å². The first-order chi connectivity index (χ1) is 10.7. The molecule has 3 rings (SSSR count). The molecule has 1 aromatic carbocycles. The molecule has 116 valence electrons. The van der Waals surface area contributed by atoms with Gasteiger partial charge in [-0.15, -0.1) is 0 Å². The van der Waals surface area contributed by atoms with Crippen LogP contribution in [0.1, 0.15) is 19.4 Å². The van der Waals surface area contributed by atoms with Gasteiger partial charge in [0.15, 0.2) is 11.5 Å². The highest BCUT2D eigenvalue weighted by molar-refractivity contribution is 5.85. The van der Waals surface area contributed by atoms with Crippen molar-refractivity contribution in [2.45, 2.75) is 20.4 Å². The average Bonchev–Trinajstić information content (AvgIpc) is 2.98. The third-order valence-electron chi connectivity index (χ3n) is 3.20.